The minimum absolute atomic E-state index is 0.0138. The van der Waals surface area contributed by atoms with Gasteiger partial charge in [0.2, 0.25) is 11.8 Å². The molecule has 0 spiro atoms. The van der Waals surface area contributed by atoms with Crippen LogP contribution in [0.1, 0.15) is 43.7 Å². The summed E-state index contributed by atoms with van der Waals surface area (Å²) in [5.74, 6) is -0.151. The molecular formula is C32H39N3O6S. The van der Waals surface area contributed by atoms with Crippen LogP contribution < -0.4 is 19.1 Å². The predicted molar refractivity (Wildman–Crippen MR) is 162 cm³/mol. The Morgan fingerprint density at radius 3 is 2.31 bits per heavy atom. The Hall–Kier alpha value is -4.05. The summed E-state index contributed by atoms with van der Waals surface area (Å²) in [6.45, 7) is 3.21. The molecule has 0 heterocycles. The fraction of sp³-hybridized carbons (Fsp3) is 0.375. The van der Waals surface area contributed by atoms with Crippen molar-refractivity contribution in [3.8, 4) is 11.5 Å². The van der Waals surface area contributed by atoms with E-state index >= 15 is 0 Å². The van der Waals surface area contributed by atoms with E-state index in [0.717, 1.165) is 41.1 Å². The van der Waals surface area contributed by atoms with E-state index in [0.29, 0.717) is 5.75 Å². The quantitative estimate of drug-likeness (QED) is 0.327. The van der Waals surface area contributed by atoms with Crippen molar-refractivity contribution in [3.63, 3.8) is 0 Å². The summed E-state index contributed by atoms with van der Waals surface area (Å²) in [5.41, 5.74) is 1.99. The average molecular weight is 594 g/mol. The zero-order chi connectivity index (χ0) is 30.3. The Bertz CT molecular complexity index is 1490. The fourth-order valence-corrected chi connectivity index (χ4v) is 6.64. The van der Waals surface area contributed by atoms with Gasteiger partial charge in [0.15, 0.2) is 0 Å². The lowest BCUT2D eigenvalue weighted by atomic mass is 10.1. The van der Waals surface area contributed by atoms with Crippen molar-refractivity contribution in [3.05, 3.63) is 83.9 Å². The third kappa shape index (κ3) is 7.23. The van der Waals surface area contributed by atoms with Crippen molar-refractivity contribution in [2.75, 3.05) is 25.1 Å². The molecule has 2 amide bonds. The third-order valence-corrected chi connectivity index (χ3v) is 9.34. The van der Waals surface area contributed by atoms with Gasteiger partial charge < -0.3 is 19.7 Å². The number of sulfonamides is 1. The fourth-order valence-electron chi connectivity index (χ4n) is 5.21. The topological polar surface area (TPSA) is 105 Å². The highest BCUT2D eigenvalue weighted by Crippen LogP contribution is 2.36. The van der Waals surface area contributed by atoms with E-state index in [1.165, 1.54) is 37.3 Å². The first kappa shape index (κ1) is 30.9. The van der Waals surface area contributed by atoms with Crippen molar-refractivity contribution in [1.82, 2.24) is 10.2 Å². The largest absolute Gasteiger partial charge is 0.497 e. The number of rotatable bonds is 12. The van der Waals surface area contributed by atoms with Gasteiger partial charge in [0.05, 0.1) is 24.8 Å². The first-order chi connectivity index (χ1) is 20.1. The molecule has 42 heavy (non-hydrogen) atoms. The van der Waals surface area contributed by atoms with E-state index in [4.69, 9.17) is 9.47 Å². The molecule has 1 aliphatic rings. The summed E-state index contributed by atoms with van der Waals surface area (Å²) in [7, 11) is -1.33. The van der Waals surface area contributed by atoms with E-state index in [2.05, 4.69) is 5.32 Å². The van der Waals surface area contributed by atoms with Crippen molar-refractivity contribution < 1.29 is 27.5 Å². The highest BCUT2D eigenvalue weighted by atomic mass is 32.2. The summed E-state index contributed by atoms with van der Waals surface area (Å²) in [6.07, 6.45) is 3.92. The minimum atomic E-state index is -4.23. The van der Waals surface area contributed by atoms with Crippen LogP contribution in [0.25, 0.3) is 0 Å². The van der Waals surface area contributed by atoms with Crippen LogP contribution in [-0.4, -0.2) is 58.0 Å². The van der Waals surface area contributed by atoms with Crippen molar-refractivity contribution >= 4 is 27.5 Å². The van der Waals surface area contributed by atoms with E-state index in [9.17, 15) is 18.0 Å². The third-order valence-electron chi connectivity index (χ3n) is 7.57. The Morgan fingerprint density at radius 2 is 1.67 bits per heavy atom. The van der Waals surface area contributed by atoms with Crippen LogP contribution in [0.2, 0.25) is 0 Å². The molecule has 1 saturated carbocycles. The summed E-state index contributed by atoms with van der Waals surface area (Å²) in [4.78, 5) is 29.0. The molecule has 0 bridgehead atoms. The number of anilines is 1. The Kier molecular flexibility index (Phi) is 10.1. The maximum atomic E-state index is 14.2. The number of aryl methyl sites for hydroxylation is 1. The van der Waals surface area contributed by atoms with Crippen LogP contribution in [0.15, 0.2) is 77.7 Å². The molecule has 224 valence electrons. The standard InChI is InChI=1S/C32H39N3O6S/c1-23-11-10-12-25(19-23)21-34(24(2)32(37)33-26-13-8-9-14-26)31(36)22-35(42(38,39)28-15-6-5-7-16-28)29-20-27(40-3)17-18-30(29)41-4/h5-7,10-12,15-20,24,26H,8-9,13-14,21-22H2,1-4H3,(H,33,37)/t24-/m1/s1. The van der Waals surface area contributed by atoms with E-state index < -0.39 is 28.5 Å². The van der Waals surface area contributed by atoms with Crippen LogP contribution in [-0.2, 0) is 26.2 Å². The number of carbonyl (C=O) groups excluding carboxylic acids is 2. The van der Waals surface area contributed by atoms with Gasteiger partial charge in [-0.25, -0.2) is 8.42 Å². The second kappa shape index (κ2) is 13.7. The Labute approximate surface area is 248 Å². The molecule has 0 aliphatic heterocycles. The van der Waals surface area contributed by atoms with E-state index in [1.54, 1.807) is 37.3 Å². The summed E-state index contributed by atoms with van der Waals surface area (Å²) >= 11 is 0. The summed E-state index contributed by atoms with van der Waals surface area (Å²) in [6, 6.07) is 19.6. The molecular weight excluding hydrogens is 554 g/mol. The molecule has 3 aromatic carbocycles. The van der Waals surface area contributed by atoms with Gasteiger partial charge in [-0.3, -0.25) is 13.9 Å². The summed E-state index contributed by atoms with van der Waals surface area (Å²) in [5, 5.41) is 3.08. The van der Waals surface area contributed by atoms with Crippen molar-refractivity contribution in [2.45, 2.75) is 63.1 Å². The van der Waals surface area contributed by atoms with Crippen LogP contribution in [0.4, 0.5) is 5.69 Å². The van der Waals surface area contributed by atoms with Crippen LogP contribution >= 0.6 is 0 Å². The molecule has 4 rings (SSSR count). The Balaban J connectivity index is 1.75. The molecule has 1 fully saturated rings. The van der Waals surface area contributed by atoms with Crippen molar-refractivity contribution in [2.24, 2.45) is 0 Å². The van der Waals surface area contributed by atoms with E-state index in [1.807, 2.05) is 31.2 Å². The van der Waals surface area contributed by atoms with Crippen LogP contribution in [0, 0.1) is 6.92 Å². The van der Waals surface area contributed by atoms with Gasteiger partial charge in [-0.1, -0.05) is 60.9 Å². The molecule has 1 atom stereocenters. The molecule has 0 unspecified atom stereocenters. The molecule has 10 heteroatoms. The monoisotopic (exact) mass is 593 g/mol. The van der Waals surface area contributed by atoms with Gasteiger partial charge in [-0.15, -0.1) is 0 Å². The zero-order valence-electron chi connectivity index (χ0n) is 24.6. The SMILES string of the molecule is COc1ccc(OC)c(N(CC(=O)N(Cc2cccc(C)c2)[C@H](C)C(=O)NC2CCCC2)S(=O)(=O)c2ccccc2)c1. The lowest BCUT2D eigenvalue weighted by Gasteiger charge is -2.33. The number of nitrogens with zero attached hydrogens (tertiary/aromatic N) is 2. The molecule has 3 aromatic rings. The van der Waals surface area contributed by atoms with Crippen molar-refractivity contribution in [1.29, 1.82) is 0 Å². The number of nitrogens with one attached hydrogen (secondary N) is 1. The highest BCUT2D eigenvalue weighted by molar-refractivity contribution is 7.92. The van der Waals surface area contributed by atoms with Gasteiger partial charge in [0.25, 0.3) is 10.0 Å². The lowest BCUT2D eigenvalue weighted by molar-refractivity contribution is -0.139. The minimum Gasteiger partial charge on any atom is -0.497 e. The number of amides is 2. The molecule has 0 saturated heterocycles. The number of methoxy groups -OCH3 is 2. The Morgan fingerprint density at radius 1 is 0.952 bits per heavy atom. The molecule has 1 aliphatic carbocycles. The zero-order valence-corrected chi connectivity index (χ0v) is 25.4. The number of hydrogen-bond donors (Lipinski definition) is 1. The maximum absolute atomic E-state index is 14.2. The highest BCUT2D eigenvalue weighted by Gasteiger charge is 2.34. The number of ether oxygens (including phenoxy) is 2. The number of benzene rings is 3. The van der Waals surface area contributed by atoms with Gasteiger partial charge in [0, 0.05) is 18.7 Å². The van der Waals surface area contributed by atoms with Gasteiger partial charge in [-0.2, -0.15) is 0 Å². The first-order valence-corrected chi connectivity index (χ1v) is 15.5. The second-order valence-corrected chi connectivity index (χ2v) is 12.4. The van der Waals surface area contributed by atoms with Gasteiger partial charge >= 0.3 is 0 Å². The molecule has 0 aromatic heterocycles. The first-order valence-electron chi connectivity index (χ1n) is 14.1. The maximum Gasteiger partial charge on any atom is 0.264 e. The van der Waals surface area contributed by atoms with Crippen LogP contribution in [0.3, 0.4) is 0 Å². The van der Waals surface area contributed by atoms with Crippen LogP contribution in [0.5, 0.6) is 11.5 Å². The smallest absolute Gasteiger partial charge is 0.264 e. The number of hydrogen-bond acceptors (Lipinski definition) is 6. The summed E-state index contributed by atoms with van der Waals surface area (Å²) < 4.78 is 40.1. The normalized spacial score (nSPS) is 14.2. The lowest BCUT2D eigenvalue weighted by Crippen LogP contribution is -2.52. The van der Waals surface area contributed by atoms with Gasteiger partial charge in [0.1, 0.15) is 24.1 Å². The predicted octanol–water partition coefficient (Wildman–Crippen LogP) is 4.68. The average Bonchev–Trinajstić information content (AvgIpc) is 3.51. The number of carbonyl (C=O) groups is 2. The van der Waals surface area contributed by atoms with E-state index in [-0.39, 0.29) is 34.8 Å². The molecule has 9 nitrogen and oxygen atoms in total. The van der Waals surface area contributed by atoms with Gasteiger partial charge in [-0.05, 0) is 56.5 Å². The molecule has 0 radical (unpaired) electrons. The second-order valence-electron chi connectivity index (χ2n) is 10.5. The molecule has 1 N–H and O–H groups in total.